The third-order valence-electron chi connectivity index (χ3n) is 2.26. The van der Waals surface area contributed by atoms with E-state index < -0.39 is 29.5 Å². The van der Waals surface area contributed by atoms with E-state index in [4.69, 9.17) is 8.54 Å². The van der Waals surface area contributed by atoms with Crippen molar-refractivity contribution in [1.29, 1.82) is 0 Å². The number of halogens is 3. The summed E-state index contributed by atoms with van der Waals surface area (Å²) in [6, 6.07) is -0.0722. The second kappa shape index (κ2) is 5.48. The average Bonchev–Trinajstić information content (AvgIpc) is 2.13. The number of rotatable bonds is 6. The summed E-state index contributed by atoms with van der Waals surface area (Å²) in [7, 11) is -3.40. The predicted molar refractivity (Wildman–Crippen MR) is 62.9 cm³/mol. The summed E-state index contributed by atoms with van der Waals surface area (Å²) in [4.78, 5) is 0. The van der Waals surface area contributed by atoms with Gasteiger partial charge in [-0.1, -0.05) is 5.70 Å². The highest BCUT2D eigenvalue weighted by Gasteiger charge is 2.40. The molecule has 0 bridgehead atoms. The van der Waals surface area contributed by atoms with Crippen LogP contribution in [-0.4, -0.2) is 30.2 Å². The Bertz CT molecular complexity index is 243. The van der Waals surface area contributed by atoms with Crippen LogP contribution in [0.2, 0.25) is 25.7 Å². The molecule has 0 spiro atoms. The van der Waals surface area contributed by atoms with Crippen LogP contribution in [0.1, 0.15) is 6.42 Å². The molecule has 16 heavy (non-hydrogen) atoms. The fourth-order valence-electron chi connectivity index (χ4n) is 1.16. The van der Waals surface area contributed by atoms with Crippen LogP contribution in [-0.2, 0) is 8.54 Å². The molecule has 0 N–H and O–H groups in total. The predicted octanol–water partition coefficient (Wildman–Crippen LogP) is 3.60. The van der Waals surface area contributed by atoms with Crippen molar-refractivity contribution < 1.29 is 21.7 Å². The van der Waals surface area contributed by atoms with E-state index in [1.807, 2.05) is 13.1 Å². The molecule has 0 heterocycles. The van der Waals surface area contributed by atoms with Crippen molar-refractivity contribution in [1.82, 2.24) is 0 Å². The Hall–Kier alpha value is -0.116. The topological polar surface area (TPSA) is 18.5 Å². The molecule has 0 saturated carbocycles. The minimum atomic E-state index is -4.16. The third kappa shape index (κ3) is 6.46. The molecule has 0 aliphatic rings. The van der Waals surface area contributed by atoms with Gasteiger partial charge in [0.25, 0.3) is 0 Å². The van der Waals surface area contributed by atoms with Crippen LogP contribution >= 0.6 is 0 Å². The van der Waals surface area contributed by atoms with E-state index in [0.717, 1.165) is 0 Å². The Labute approximate surface area is 96.8 Å². The molecule has 1 unspecified atom stereocenters. The Morgan fingerprint density at radius 1 is 1.25 bits per heavy atom. The van der Waals surface area contributed by atoms with E-state index in [9.17, 15) is 13.2 Å². The smallest absolute Gasteiger partial charge is 0.389 e. The molecule has 0 aromatic rings. The quantitative estimate of drug-likeness (QED) is 0.688. The Morgan fingerprint density at radius 2 is 1.75 bits per heavy atom. The molecule has 0 saturated heterocycles. The first kappa shape index (κ1) is 15.9. The first-order valence-corrected chi connectivity index (χ1v) is 10.5. The summed E-state index contributed by atoms with van der Waals surface area (Å²) in [6.45, 7) is 9.08. The van der Waals surface area contributed by atoms with Gasteiger partial charge in [-0.2, -0.15) is 13.2 Å². The van der Waals surface area contributed by atoms with Crippen LogP contribution in [0.4, 0.5) is 13.2 Å². The maximum absolute atomic E-state index is 12.1. The maximum Gasteiger partial charge on any atom is 0.389 e. The Morgan fingerprint density at radius 3 is 2.06 bits per heavy atom. The summed E-state index contributed by atoms with van der Waals surface area (Å²) >= 11 is 0. The molecule has 0 aromatic carbocycles. The zero-order chi connectivity index (χ0) is 13.0. The Balaban J connectivity index is 4.49. The van der Waals surface area contributed by atoms with E-state index in [1.165, 1.54) is 7.11 Å². The first-order chi connectivity index (χ1) is 7.04. The molecule has 2 nitrogen and oxygen atoms in total. The van der Waals surface area contributed by atoms with Crippen LogP contribution in [0.25, 0.3) is 0 Å². The van der Waals surface area contributed by atoms with E-state index in [1.54, 1.807) is 12.2 Å². The third-order valence-corrected chi connectivity index (χ3v) is 9.10. The van der Waals surface area contributed by atoms with Crippen molar-refractivity contribution in [3.8, 4) is 0 Å². The van der Waals surface area contributed by atoms with Crippen molar-refractivity contribution in [3.63, 3.8) is 0 Å². The van der Waals surface area contributed by atoms with Crippen molar-refractivity contribution in [2.24, 2.45) is 0 Å². The lowest BCUT2D eigenvalue weighted by Crippen LogP contribution is -2.47. The standard InChI is InChI=1S/C9H19F3O2Si2/c1-6-15(3,4)14-16(5,13-2)8-7-9(10,11)12/h6H,1,7-8H2,2-5H3. The second-order valence-electron chi connectivity index (χ2n) is 4.36. The van der Waals surface area contributed by atoms with E-state index in [-0.39, 0.29) is 6.04 Å². The van der Waals surface area contributed by atoms with Crippen LogP contribution < -0.4 is 0 Å². The van der Waals surface area contributed by atoms with Crippen LogP contribution in [0.15, 0.2) is 12.3 Å². The second-order valence-corrected chi connectivity index (χ2v) is 12.0. The van der Waals surface area contributed by atoms with E-state index in [2.05, 4.69) is 6.58 Å². The van der Waals surface area contributed by atoms with Gasteiger partial charge in [0.2, 0.25) is 0 Å². The molecule has 0 fully saturated rings. The monoisotopic (exact) mass is 272 g/mol. The lowest BCUT2D eigenvalue weighted by molar-refractivity contribution is -0.131. The first-order valence-electron chi connectivity index (χ1n) is 4.99. The summed E-state index contributed by atoms with van der Waals surface area (Å²) in [5.41, 5.74) is 1.70. The van der Waals surface area contributed by atoms with Gasteiger partial charge in [0, 0.05) is 13.5 Å². The molecular formula is C9H19F3O2Si2. The lowest BCUT2D eigenvalue weighted by Gasteiger charge is -2.33. The molecular weight excluding hydrogens is 253 g/mol. The number of alkyl halides is 3. The maximum atomic E-state index is 12.1. The zero-order valence-electron chi connectivity index (χ0n) is 10.1. The number of hydrogen-bond acceptors (Lipinski definition) is 2. The molecule has 0 aliphatic heterocycles. The van der Waals surface area contributed by atoms with E-state index >= 15 is 0 Å². The lowest BCUT2D eigenvalue weighted by atomic mass is 10.5. The summed E-state index contributed by atoms with van der Waals surface area (Å²) in [5, 5.41) is 0. The van der Waals surface area contributed by atoms with Crippen molar-refractivity contribution >= 4 is 16.9 Å². The molecule has 0 rings (SSSR count). The molecule has 0 aromatic heterocycles. The van der Waals surface area contributed by atoms with Gasteiger partial charge in [0.05, 0.1) is 0 Å². The van der Waals surface area contributed by atoms with Crippen LogP contribution in [0, 0.1) is 0 Å². The minimum absolute atomic E-state index is 0.0722. The van der Waals surface area contributed by atoms with Crippen LogP contribution in [0.5, 0.6) is 0 Å². The van der Waals surface area contributed by atoms with Crippen molar-refractivity contribution in [2.45, 2.75) is 38.3 Å². The molecule has 0 aliphatic carbocycles. The zero-order valence-corrected chi connectivity index (χ0v) is 12.1. The fourth-order valence-corrected chi connectivity index (χ4v) is 7.63. The van der Waals surface area contributed by atoms with Crippen LogP contribution in [0.3, 0.4) is 0 Å². The van der Waals surface area contributed by atoms with Gasteiger partial charge in [0.1, 0.15) is 0 Å². The van der Waals surface area contributed by atoms with Crippen molar-refractivity contribution in [2.75, 3.05) is 7.11 Å². The molecule has 7 heteroatoms. The minimum Gasteiger partial charge on any atom is -0.432 e. The van der Waals surface area contributed by atoms with E-state index in [0.29, 0.717) is 0 Å². The van der Waals surface area contributed by atoms with Gasteiger partial charge in [-0.25, -0.2) is 0 Å². The Kier molecular flexibility index (Phi) is 5.44. The van der Waals surface area contributed by atoms with Crippen molar-refractivity contribution in [3.05, 3.63) is 12.3 Å². The largest absolute Gasteiger partial charge is 0.432 e. The highest BCUT2D eigenvalue weighted by molar-refractivity contribution is 6.85. The molecule has 96 valence electrons. The highest BCUT2D eigenvalue weighted by Crippen LogP contribution is 2.28. The molecule has 0 amide bonds. The SMILES string of the molecule is C=C[Si](C)(C)O[Si](C)(CCC(F)(F)F)OC. The van der Waals surface area contributed by atoms with Gasteiger partial charge in [-0.3, -0.25) is 0 Å². The van der Waals surface area contributed by atoms with Gasteiger partial charge >= 0.3 is 14.7 Å². The average molecular weight is 272 g/mol. The molecule has 1 atom stereocenters. The number of hydrogen-bond donors (Lipinski definition) is 0. The highest BCUT2D eigenvalue weighted by atomic mass is 28.4. The fraction of sp³-hybridized carbons (Fsp3) is 0.778. The summed E-state index contributed by atoms with van der Waals surface area (Å²) in [5.74, 6) is 0. The summed E-state index contributed by atoms with van der Waals surface area (Å²) in [6.07, 6.45) is -5.01. The summed E-state index contributed by atoms with van der Waals surface area (Å²) < 4.78 is 47.3. The van der Waals surface area contributed by atoms with Gasteiger partial charge in [-0.15, -0.1) is 6.58 Å². The van der Waals surface area contributed by atoms with Gasteiger partial charge < -0.3 is 8.54 Å². The molecule has 0 radical (unpaired) electrons. The van der Waals surface area contributed by atoms with Gasteiger partial charge in [-0.05, 0) is 25.7 Å². The van der Waals surface area contributed by atoms with Gasteiger partial charge in [0.15, 0.2) is 8.32 Å². The normalized spacial score (nSPS) is 16.9.